The molecule has 0 fully saturated rings. The Bertz CT molecular complexity index is 1070. The highest BCUT2D eigenvalue weighted by atomic mass is 35.5. The predicted molar refractivity (Wildman–Crippen MR) is 120 cm³/mol. The number of rotatable bonds is 7. The van der Waals surface area contributed by atoms with E-state index in [0.29, 0.717) is 32.1 Å². The van der Waals surface area contributed by atoms with Gasteiger partial charge >= 0.3 is 0 Å². The smallest absolute Gasteiger partial charge is 0.237 e. The van der Waals surface area contributed by atoms with E-state index in [1.54, 1.807) is 36.0 Å². The average molecular weight is 473 g/mol. The fourth-order valence-electron chi connectivity index (χ4n) is 2.47. The third kappa shape index (κ3) is 6.06. The topological polar surface area (TPSA) is 46.2 Å². The monoisotopic (exact) mass is 471 g/mol. The predicted octanol–water partition coefficient (Wildman–Crippen LogP) is 6.88. The summed E-state index contributed by atoms with van der Waals surface area (Å²) in [5.41, 5.74) is 2.12. The lowest BCUT2D eigenvalue weighted by molar-refractivity contribution is 0.600. The molecule has 8 heteroatoms. The van der Waals surface area contributed by atoms with Crippen molar-refractivity contribution in [1.29, 1.82) is 0 Å². The number of halogens is 3. The molecule has 0 radical (unpaired) electrons. The average Bonchev–Trinajstić information content (AvgIpc) is 2.64. The SMILES string of the molecule is O=S(=O)(Cc1ccc(Cl)cc1Cl)Nc1ccccc1SCc1ccc(Cl)cc1. The maximum absolute atomic E-state index is 12.6. The minimum absolute atomic E-state index is 0.237. The van der Waals surface area contributed by atoms with E-state index in [0.717, 1.165) is 10.5 Å². The molecule has 28 heavy (non-hydrogen) atoms. The quantitative estimate of drug-likeness (QED) is 0.381. The second kappa shape index (κ2) is 9.42. The van der Waals surface area contributed by atoms with Crippen LogP contribution < -0.4 is 4.72 Å². The van der Waals surface area contributed by atoms with Crippen molar-refractivity contribution in [3.05, 3.63) is 92.9 Å². The van der Waals surface area contributed by atoms with Gasteiger partial charge in [0.15, 0.2) is 0 Å². The number of benzene rings is 3. The first-order valence-electron chi connectivity index (χ1n) is 8.23. The zero-order valence-corrected chi connectivity index (χ0v) is 18.4. The molecule has 0 spiro atoms. The molecule has 0 unspecified atom stereocenters. The van der Waals surface area contributed by atoms with Crippen LogP contribution in [0.4, 0.5) is 5.69 Å². The number of nitrogens with one attached hydrogen (secondary N) is 1. The zero-order chi connectivity index (χ0) is 20.1. The second-order valence-electron chi connectivity index (χ2n) is 6.01. The first kappa shape index (κ1) is 21.3. The van der Waals surface area contributed by atoms with E-state index in [-0.39, 0.29) is 5.75 Å². The standard InChI is InChI=1S/C20H16Cl3NO2S2/c21-16-8-5-14(6-9-16)12-27-20-4-2-1-3-19(20)24-28(25,26)13-15-7-10-17(22)11-18(15)23/h1-11,24H,12-13H2. The number of hydrogen-bond donors (Lipinski definition) is 1. The van der Waals surface area contributed by atoms with Crippen LogP contribution in [0.2, 0.25) is 15.1 Å². The van der Waals surface area contributed by atoms with Gasteiger partial charge in [-0.3, -0.25) is 4.72 Å². The minimum atomic E-state index is -3.64. The lowest BCUT2D eigenvalue weighted by Gasteiger charge is -2.13. The van der Waals surface area contributed by atoms with Crippen molar-refractivity contribution in [2.75, 3.05) is 4.72 Å². The van der Waals surface area contributed by atoms with Gasteiger partial charge in [-0.15, -0.1) is 11.8 Å². The summed E-state index contributed by atoms with van der Waals surface area (Å²) in [5.74, 6) is 0.456. The van der Waals surface area contributed by atoms with Gasteiger partial charge in [0.25, 0.3) is 0 Å². The summed E-state index contributed by atoms with van der Waals surface area (Å²) in [7, 11) is -3.64. The summed E-state index contributed by atoms with van der Waals surface area (Å²) >= 11 is 19.4. The summed E-state index contributed by atoms with van der Waals surface area (Å²) < 4.78 is 27.9. The van der Waals surface area contributed by atoms with Gasteiger partial charge in [0.2, 0.25) is 10.0 Å². The van der Waals surface area contributed by atoms with E-state index in [1.807, 2.05) is 36.4 Å². The zero-order valence-electron chi connectivity index (χ0n) is 14.5. The lowest BCUT2D eigenvalue weighted by atomic mass is 10.2. The highest BCUT2D eigenvalue weighted by molar-refractivity contribution is 7.98. The van der Waals surface area contributed by atoms with Crippen LogP contribution in [0.1, 0.15) is 11.1 Å². The molecule has 0 saturated carbocycles. The van der Waals surface area contributed by atoms with Crippen molar-refractivity contribution in [2.45, 2.75) is 16.4 Å². The van der Waals surface area contributed by atoms with Crippen molar-refractivity contribution in [1.82, 2.24) is 0 Å². The summed E-state index contributed by atoms with van der Waals surface area (Å²) in [6, 6.07) is 19.6. The Morgan fingerprint density at radius 1 is 0.857 bits per heavy atom. The van der Waals surface area contributed by atoms with Crippen molar-refractivity contribution in [3.8, 4) is 0 Å². The highest BCUT2D eigenvalue weighted by Crippen LogP contribution is 2.31. The minimum Gasteiger partial charge on any atom is -0.282 e. The molecule has 3 rings (SSSR count). The van der Waals surface area contributed by atoms with Crippen molar-refractivity contribution in [3.63, 3.8) is 0 Å². The van der Waals surface area contributed by atoms with E-state index in [2.05, 4.69) is 4.72 Å². The van der Waals surface area contributed by atoms with Crippen LogP contribution >= 0.6 is 46.6 Å². The molecule has 0 aliphatic rings. The third-order valence-electron chi connectivity index (χ3n) is 3.82. The molecule has 0 aromatic heterocycles. The first-order chi connectivity index (χ1) is 13.3. The molecule has 0 bridgehead atoms. The maximum Gasteiger partial charge on any atom is 0.237 e. The molecule has 0 aliphatic heterocycles. The summed E-state index contributed by atoms with van der Waals surface area (Å²) in [6.45, 7) is 0. The molecule has 3 nitrogen and oxygen atoms in total. The lowest BCUT2D eigenvalue weighted by Crippen LogP contribution is -2.15. The van der Waals surface area contributed by atoms with Gasteiger partial charge < -0.3 is 0 Å². The molecule has 0 aliphatic carbocycles. The Kier molecular flexibility index (Phi) is 7.18. The largest absolute Gasteiger partial charge is 0.282 e. The number of sulfonamides is 1. The van der Waals surface area contributed by atoms with Crippen LogP contribution in [-0.4, -0.2) is 8.42 Å². The summed E-state index contributed by atoms with van der Waals surface area (Å²) in [5, 5.41) is 1.47. The molecule has 0 atom stereocenters. The number of para-hydroxylation sites is 1. The van der Waals surface area contributed by atoms with E-state index in [4.69, 9.17) is 34.8 Å². The molecule has 3 aromatic carbocycles. The second-order valence-corrected chi connectivity index (χ2v) is 10.0. The molecule has 0 saturated heterocycles. The number of thioether (sulfide) groups is 1. The third-order valence-corrected chi connectivity index (χ3v) is 7.03. The Hall–Kier alpha value is -1.37. The van der Waals surface area contributed by atoms with Crippen LogP contribution in [0.25, 0.3) is 0 Å². The molecule has 0 amide bonds. The fourth-order valence-corrected chi connectivity index (χ4v) is 5.42. The molecule has 146 valence electrons. The van der Waals surface area contributed by atoms with E-state index in [1.165, 1.54) is 6.07 Å². The molecule has 3 aromatic rings. The Morgan fingerprint density at radius 2 is 1.54 bits per heavy atom. The van der Waals surface area contributed by atoms with Gasteiger partial charge in [-0.1, -0.05) is 65.1 Å². The maximum atomic E-state index is 12.6. The van der Waals surface area contributed by atoms with E-state index in [9.17, 15) is 8.42 Å². The van der Waals surface area contributed by atoms with Crippen LogP contribution in [0.3, 0.4) is 0 Å². The number of anilines is 1. The van der Waals surface area contributed by atoms with E-state index >= 15 is 0 Å². The van der Waals surface area contributed by atoms with Crippen LogP contribution in [0, 0.1) is 0 Å². The summed E-state index contributed by atoms with van der Waals surface area (Å²) in [4.78, 5) is 0.836. The first-order valence-corrected chi connectivity index (χ1v) is 12.0. The van der Waals surface area contributed by atoms with Gasteiger partial charge in [0.05, 0.1) is 11.4 Å². The van der Waals surface area contributed by atoms with Gasteiger partial charge in [0.1, 0.15) is 0 Å². The van der Waals surface area contributed by atoms with Gasteiger partial charge in [-0.05, 0) is 47.5 Å². The normalized spacial score (nSPS) is 11.4. The van der Waals surface area contributed by atoms with Crippen LogP contribution in [0.5, 0.6) is 0 Å². The highest BCUT2D eigenvalue weighted by Gasteiger charge is 2.16. The van der Waals surface area contributed by atoms with E-state index < -0.39 is 10.0 Å². The summed E-state index contributed by atoms with van der Waals surface area (Å²) in [6.07, 6.45) is 0. The molecular formula is C20H16Cl3NO2S2. The van der Waals surface area contributed by atoms with Crippen molar-refractivity contribution < 1.29 is 8.42 Å². The fraction of sp³-hybridized carbons (Fsp3) is 0.100. The van der Waals surface area contributed by atoms with Gasteiger partial charge in [0, 0.05) is 25.7 Å². The van der Waals surface area contributed by atoms with Gasteiger partial charge in [-0.25, -0.2) is 8.42 Å². The molecular weight excluding hydrogens is 457 g/mol. The van der Waals surface area contributed by atoms with Crippen LogP contribution in [-0.2, 0) is 21.5 Å². The Labute approximate surface area is 184 Å². The molecule has 1 N–H and O–H groups in total. The Balaban J connectivity index is 1.73. The van der Waals surface area contributed by atoms with Crippen molar-refractivity contribution in [2.24, 2.45) is 0 Å². The molecule has 0 heterocycles. The number of hydrogen-bond acceptors (Lipinski definition) is 3. The van der Waals surface area contributed by atoms with Crippen LogP contribution in [0.15, 0.2) is 71.6 Å². The van der Waals surface area contributed by atoms with Crippen molar-refractivity contribution >= 4 is 62.3 Å². The van der Waals surface area contributed by atoms with Gasteiger partial charge in [-0.2, -0.15) is 0 Å². The Morgan fingerprint density at radius 3 is 2.25 bits per heavy atom.